The van der Waals surface area contributed by atoms with Crippen LogP contribution in [0.15, 0.2) is 48.5 Å². The quantitative estimate of drug-likeness (QED) is 0.604. The second-order valence-electron chi connectivity index (χ2n) is 7.43. The van der Waals surface area contributed by atoms with Crippen molar-refractivity contribution in [3.05, 3.63) is 65.2 Å². The molecule has 4 rings (SSSR count). The molecule has 0 N–H and O–H groups in total. The molecule has 2 aliphatic rings. The zero-order chi connectivity index (χ0) is 16.5. The van der Waals surface area contributed by atoms with Gasteiger partial charge < -0.3 is 4.90 Å². The minimum atomic E-state index is 0.719. The van der Waals surface area contributed by atoms with Crippen LogP contribution in [0, 0.1) is 0 Å². The number of allylic oxidation sites excluding steroid dienone is 1. The number of likely N-dealkylation sites (N-methyl/N-ethyl adjacent to an activating group) is 1. The molecular formula is C23H27N. The van der Waals surface area contributed by atoms with Gasteiger partial charge in [-0.25, -0.2) is 0 Å². The van der Waals surface area contributed by atoms with E-state index in [0.29, 0.717) is 0 Å². The maximum absolute atomic E-state index is 2.54. The molecule has 2 unspecified atom stereocenters. The van der Waals surface area contributed by atoms with Crippen LogP contribution in [0.4, 0.5) is 5.69 Å². The van der Waals surface area contributed by atoms with Gasteiger partial charge in [0.1, 0.15) is 0 Å². The Morgan fingerprint density at radius 2 is 1.79 bits per heavy atom. The van der Waals surface area contributed by atoms with Crippen LogP contribution >= 0.6 is 0 Å². The summed E-state index contributed by atoms with van der Waals surface area (Å²) in [4.78, 5) is 2.54. The van der Waals surface area contributed by atoms with Crippen molar-refractivity contribution in [2.45, 2.75) is 51.0 Å². The van der Waals surface area contributed by atoms with Crippen molar-refractivity contribution in [2.24, 2.45) is 0 Å². The van der Waals surface area contributed by atoms with Crippen LogP contribution in [0.1, 0.15) is 61.6 Å². The smallest absolute Gasteiger partial charge is 0.0402 e. The molecule has 0 amide bonds. The van der Waals surface area contributed by atoms with Crippen molar-refractivity contribution in [3.8, 4) is 0 Å². The molecule has 1 aliphatic carbocycles. The molecule has 124 valence electrons. The third kappa shape index (κ3) is 2.77. The molecule has 0 radical (unpaired) electrons. The van der Waals surface area contributed by atoms with Crippen LogP contribution < -0.4 is 4.90 Å². The lowest BCUT2D eigenvalue weighted by Gasteiger charge is -2.25. The fourth-order valence-corrected chi connectivity index (χ4v) is 4.61. The zero-order valence-corrected chi connectivity index (χ0v) is 14.8. The van der Waals surface area contributed by atoms with Crippen LogP contribution in [0.2, 0.25) is 0 Å². The first-order valence-corrected chi connectivity index (χ1v) is 9.34. The monoisotopic (exact) mass is 317 g/mol. The van der Waals surface area contributed by atoms with Crippen molar-refractivity contribution < 1.29 is 0 Å². The number of rotatable bonds is 2. The lowest BCUT2D eigenvalue weighted by atomic mass is 9.90. The number of hydrogen-bond acceptors (Lipinski definition) is 1. The highest BCUT2D eigenvalue weighted by atomic mass is 15.2. The Hall–Kier alpha value is -2.02. The van der Waals surface area contributed by atoms with Gasteiger partial charge in [-0.1, -0.05) is 61.7 Å². The van der Waals surface area contributed by atoms with E-state index in [1.807, 2.05) is 0 Å². The van der Waals surface area contributed by atoms with Gasteiger partial charge in [0.05, 0.1) is 0 Å². The van der Waals surface area contributed by atoms with Crippen molar-refractivity contribution >= 4 is 17.3 Å². The SMILES string of the molecule is C/C(=C/c1ccc2c(c1)C1CCCCCC1N2C)c1ccccc1. The van der Waals surface area contributed by atoms with E-state index in [9.17, 15) is 0 Å². The lowest BCUT2D eigenvalue weighted by Crippen LogP contribution is -2.29. The molecule has 1 fully saturated rings. The van der Waals surface area contributed by atoms with Gasteiger partial charge in [-0.2, -0.15) is 0 Å². The molecule has 2 aromatic rings. The molecule has 24 heavy (non-hydrogen) atoms. The lowest BCUT2D eigenvalue weighted by molar-refractivity contribution is 0.518. The molecule has 1 heteroatoms. The maximum atomic E-state index is 2.54. The largest absolute Gasteiger partial charge is 0.371 e. The number of benzene rings is 2. The first kappa shape index (κ1) is 15.5. The molecule has 0 aromatic heterocycles. The standard InChI is InChI=1S/C23H27N/c1-17(19-9-5-3-6-10-19)15-18-13-14-23-21(16-18)20-11-7-4-8-12-22(20)24(23)2/h3,5-6,9-10,13-16,20,22H,4,7-8,11-12H2,1-2H3/b17-15-. The third-order valence-electron chi connectivity index (χ3n) is 5.92. The molecule has 2 atom stereocenters. The van der Waals surface area contributed by atoms with E-state index < -0.39 is 0 Å². The van der Waals surface area contributed by atoms with E-state index in [2.05, 4.69) is 73.5 Å². The van der Waals surface area contributed by atoms with Gasteiger partial charge in [0.25, 0.3) is 0 Å². The summed E-state index contributed by atoms with van der Waals surface area (Å²) in [5.74, 6) is 0.734. The van der Waals surface area contributed by atoms with Crippen LogP contribution in [-0.2, 0) is 0 Å². The van der Waals surface area contributed by atoms with Crippen molar-refractivity contribution in [1.82, 2.24) is 0 Å². The van der Waals surface area contributed by atoms with Gasteiger partial charge in [0.2, 0.25) is 0 Å². The van der Waals surface area contributed by atoms with Gasteiger partial charge in [-0.3, -0.25) is 0 Å². The fraction of sp³-hybridized carbons (Fsp3) is 0.391. The van der Waals surface area contributed by atoms with Crippen LogP contribution in [0.5, 0.6) is 0 Å². The van der Waals surface area contributed by atoms with E-state index in [4.69, 9.17) is 0 Å². The Labute approximate surface area is 146 Å². The summed E-state index contributed by atoms with van der Waals surface area (Å²) >= 11 is 0. The predicted octanol–water partition coefficient (Wildman–Crippen LogP) is 6.11. The highest BCUT2D eigenvalue weighted by molar-refractivity contribution is 5.81. The summed E-state index contributed by atoms with van der Waals surface area (Å²) in [7, 11) is 2.29. The Morgan fingerprint density at radius 1 is 1.00 bits per heavy atom. The molecule has 1 aliphatic heterocycles. The first-order valence-electron chi connectivity index (χ1n) is 9.34. The molecular weight excluding hydrogens is 290 g/mol. The van der Waals surface area contributed by atoms with Crippen molar-refractivity contribution in [1.29, 1.82) is 0 Å². The van der Waals surface area contributed by atoms with Gasteiger partial charge in [0.15, 0.2) is 0 Å². The molecule has 1 saturated carbocycles. The summed E-state index contributed by atoms with van der Waals surface area (Å²) in [6.07, 6.45) is 9.22. The number of anilines is 1. The average molecular weight is 317 g/mol. The number of hydrogen-bond donors (Lipinski definition) is 0. The molecule has 0 saturated heterocycles. The average Bonchev–Trinajstić information content (AvgIpc) is 2.79. The molecule has 0 spiro atoms. The third-order valence-corrected chi connectivity index (χ3v) is 5.92. The number of nitrogens with zero attached hydrogens (tertiary/aromatic N) is 1. The van der Waals surface area contributed by atoms with E-state index in [1.165, 1.54) is 54.5 Å². The Balaban J connectivity index is 1.68. The highest BCUT2D eigenvalue weighted by Crippen LogP contribution is 2.46. The Bertz CT molecular complexity index is 744. The summed E-state index contributed by atoms with van der Waals surface area (Å²) in [5, 5.41) is 0. The van der Waals surface area contributed by atoms with E-state index in [-0.39, 0.29) is 0 Å². The van der Waals surface area contributed by atoms with E-state index in [1.54, 1.807) is 5.56 Å². The first-order chi connectivity index (χ1) is 11.7. The van der Waals surface area contributed by atoms with Crippen LogP contribution in [0.25, 0.3) is 11.6 Å². The Morgan fingerprint density at radius 3 is 2.62 bits per heavy atom. The summed E-state index contributed by atoms with van der Waals surface area (Å²) in [5.41, 5.74) is 7.02. The fourth-order valence-electron chi connectivity index (χ4n) is 4.61. The van der Waals surface area contributed by atoms with E-state index >= 15 is 0 Å². The van der Waals surface area contributed by atoms with Gasteiger partial charge in [-0.05, 0) is 54.2 Å². The van der Waals surface area contributed by atoms with Crippen molar-refractivity contribution in [2.75, 3.05) is 11.9 Å². The molecule has 0 bridgehead atoms. The minimum Gasteiger partial charge on any atom is -0.371 e. The van der Waals surface area contributed by atoms with Crippen LogP contribution in [0.3, 0.4) is 0 Å². The number of fused-ring (bicyclic) bond motifs is 3. The van der Waals surface area contributed by atoms with Crippen LogP contribution in [-0.4, -0.2) is 13.1 Å². The van der Waals surface area contributed by atoms with Crippen molar-refractivity contribution in [3.63, 3.8) is 0 Å². The second-order valence-corrected chi connectivity index (χ2v) is 7.43. The zero-order valence-electron chi connectivity index (χ0n) is 14.8. The minimum absolute atomic E-state index is 0.719. The molecule has 2 aromatic carbocycles. The second kappa shape index (κ2) is 6.47. The normalized spacial score (nSPS) is 23.6. The molecule has 1 nitrogen and oxygen atoms in total. The van der Waals surface area contributed by atoms with Gasteiger partial charge in [0, 0.05) is 24.7 Å². The summed E-state index contributed by atoms with van der Waals surface area (Å²) < 4.78 is 0. The Kier molecular flexibility index (Phi) is 4.18. The predicted molar refractivity (Wildman–Crippen MR) is 104 cm³/mol. The van der Waals surface area contributed by atoms with E-state index in [0.717, 1.165) is 12.0 Å². The summed E-state index contributed by atoms with van der Waals surface area (Å²) in [6, 6.07) is 18.5. The maximum Gasteiger partial charge on any atom is 0.0402 e. The van der Waals surface area contributed by atoms with Gasteiger partial charge in [-0.15, -0.1) is 0 Å². The summed E-state index contributed by atoms with van der Waals surface area (Å²) in [6.45, 7) is 2.21. The van der Waals surface area contributed by atoms with Gasteiger partial charge >= 0.3 is 0 Å². The molecule has 1 heterocycles. The topological polar surface area (TPSA) is 3.24 Å². The highest BCUT2D eigenvalue weighted by Gasteiger charge is 2.36.